The molecule has 0 fully saturated rings. The van der Waals surface area contributed by atoms with Gasteiger partial charge in [0.25, 0.3) is 0 Å². The van der Waals surface area contributed by atoms with Crippen LogP contribution in [0.3, 0.4) is 0 Å². The number of hydrogen-bond acceptors (Lipinski definition) is 3. The number of benzene rings is 1. The second-order valence-electron chi connectivity index (χ2n) is 3.67. The molecule has 0 heterocycles. The van der Waals surface area contributed by atoms with E-state index in [9.17, 15) is 18.0 Å². The van der Waals surface area contributed by atoms with Crippen molar-refractivity contribution < 1.29 is 22.7 Å². The first-order chi connectivity index (χ1) is 8.84. The molecule has 0 radical (unpaired) electrons. The summed E-state index contributed by atoms with van der Waals surface area (Å²) in [5.74, 6) is -0.446. The van der Waals surface area contributed by atoms with Crippen LogP contribution >= 0.6 is 15.9 Å². The Bertz CT molecular complexity index is 449. The van der Waals surface area contributed by atoms with E-state index >= 15 is 0 Å². The third-order valence-corrected chi connectivity index (χ3v) is 2.73. The smallest absolute Gasteiger partial charge is 0.418 e. The number of carbonyl (C=O) groups is 1. The van der Waals surface area contributed by atoms with Crippen LogP contribution in [0.5, 0.6) is 0 Å². The van der Waals surface area contributed by atoms with E-state index in [1.54, 1.807) is 6.92 Å². The predicted octanol–water partition coefficient (Wildman–Crippen LogP) is 3.83. The molecule has 1 N–H and O–H groups in total. The molecule has 0 spiro atoms. The Kier molecular flexibility index (Phi) is 5.65. The lowest BCUT2D eigenvalue weighted by Gasteiger charge is -2.14. The Morgan fingerprint density at radius 3 is 2.68 bits per heavy atom. The number of ether oxygens (including phenoxy) is 1. The number of esters is 1. The van der Waals surface area contributed by atoms with Crippen LogP contribution in [0.4, 0.5) is 18.9 Å². The molecule has 0 amide bonds. The number of nitrogens with one attached hydrogen (secondary N) is 1. The van der Waals surface area contributed by atoms with Crippen molar-refractivity contribution >= 4 is 27.6 Å². The normalized spacial score (nSPS) is 11.2. The van der Waals surface area contributed by atoms with Gasteiger partial charge in [0.05, 0.1) is 18.6 Å². The van der Waals surface area contributed by atoms with Gasteiger partial charge in [-0.15, -0.1) is 0 Å². The summed E-state index contributed by atoms with van der Waals surface area (Å²) in [5.41, 5.74) is -0.828. The van der Waals surface area contributed by atoms with E-state index in [2.05, 4.69) is 21.2 Å². The van der Waals surface area contributed by atoms with Crippen LogP contribution in [0.1, 0.15) is 18.9 Å². The van der Waals surface area contributed by atoms with Crippen molar-refractivity contribution in [3.63, 3.8) is 0 Å². The van der Waals surface area contributed by atoms with E-state index in [1.165, 1.54) is 12.1 Å². The van der Waals surface area contributed by atoms with Gasteiger partial charge in [0.2, 0.25) is 0 Å². The quantitative estimate of drug-likeness (QED) is 0.828. The lowest BCUT2D eigenvalue weighted by atomic mass is 10.1. The first-order valence-electron chi connectivity index (χ1n) is 5.61. The standard InChI is InChI=1S/C12H13BrF3NO2/c1-2-19-11(18)5-6-17-10-7-8(13)3-4-9(10)12(14,15)16/h3-4,7,17H,2,5-6H2,1H3. The van der Waals surface area contributed by atoms with Crippen molar-refractivity contribution in [2.75, 3.05) is 18.5 Å². The summed E-state index contributed by atoms with van der Waals surface area (Å²) in [6.45, 7) is 2.00. The maximum absolute atomic E-state index is 12.7. The molecule has 1 rings (SSSR count). The zero-order valence-electron chi connectivity index (χ0n) is 10.2. The Balaban J connectivity index is 2.72. The fraction of sp³-hybridized carbons (Fsp3) is 0.417. The van der Waals surface area contributed by atoms with Gasteiger partial charge in [-0.05, 0) is 25.1 Å². The summed E-state index contributed by atoms with van der Waals surface area (Å²) in [5, 5.41) is 2.60. The zero-order chi connectivity index (χ0) is 14.5. The van der Waals surface area contributed by atoms with Crippen molar-refractivity contribution in [3.05, 3.63) is 28.2 Å². The third-order valence-electron chi connectivity index (χ3n) is 2.24. The Labute approximate surface area is 117 Å². The summed E-state index contributed by atoms with van der Waals surface area (Å²) < 4.78 is 43.4. The molecule has 0 aliphatic heterocycles. The van der Waals surface area contributed by atoms with E-state index in [-0.39, 0.29) is 25.3 Å². The molecule has 106 valence electrons. The van der Waals surface area contributed by atoms with Gasteiger partial charge >= 0.3 is 12.1 Å². The summed E-state index contributed by atoms with van der Waals surface area (Å²) >= 11 is 3.11. The lowest BCUT2D eigenvalue weighted by Crippen LogP contribution is -2.15. The first kappa shape index (κ1) is 15.8. The fourth-order valence-electron chi connectivity index (χ4n) is 1.44. The molecule has 7 heteroatoms. The summed E-state index contributed by atoms with van der Waals surface area (Å²) in [7, 11) is 0. The number of halogens is 4. The minimum Gasteiger partial charge on any atom is -0.466 e. The minimum atomic E-state index is -4.44. The van der Waals surface area contributed by atoms with Crippen molar-refractivity contribution in [2.24, 2.45) is 0 Å². The number of alkyl halides is 3. The van der Waals surface area contributed by atoms with E-state index in [0.29, 0.717) is 4.47 Å². The van der Waals surface area contributed by atoms with E-state index < -0.39 is 17.7 Å². The topological polar surface area (TPSA) is 38.3 Å². The van der Waals surface area contributed by atoms with Gasteiger partial charge in [0, 0.05) is 16.7 Å². The second-order valence-corrected chi connectivity index (χ2v) is 4.59. The van der Waals surface area contributed by atoms with Crippen molar-refractivity contribution in [1.29, 1.82) is 0 Å². The van der Waals surface area contributed by atoms with Crippen LogP contribution in [0, 0.1) is 0 Å². The van der Waals surface area contributed by atoms with Crippen molar-refractivity contribution in [3.8, 4) is 0 Å². The number of hydrogen-bond donors (Lipinski definition) is 1. The number of rotatable bonds is 5. The summed E-state index contributed by atoms with van der Waals surface area (Å²) in [6.07, 6.45) is -4.43. The molecule has 0 saturated carbocycles. The third kappa shape index (κ3) is 5.10. The SMILES string of the molecule is CCOC(=O)CCNc1cc(Br)ccc1C(F)(F)F. The predicted molar refractivity (Wildman–Crippen MR) is 68.9 cm³/mol. The molecule has 0 atom stereocenters. The minimum absolute atomic E-state index is 0.0116. The van der Waals surface area contributed by atoms with Gasteiger partial charge in [0.1, 0.15) is 0 Å². The van der Waals surface area contributed by atoms with E-state index in [0.717, 1.165) is 6.07 Å². The van der Waals surface area contributed by atoms with Crippen molar-refractivity contribution in [2.45, 2.75) is 19.5 Å². The molecule has 1 aromatic carbocycles. The molecule has 0 aliphatic carbocycles. The number of anilines is 1. The molecule has 1 aromatic rings. The lowest BCUT2D eigenvalue weighted by molar-refractivity contribution is -0.142. The molecule has 0 unspecified atom stereocenters. The highest BCUT2D eigenvalue weighted by atomic mass is 79.9. The summed E-state index contributed by atoms with van der Waals surface area (Å²) in [4.78, 5) is 11.1. The van der Waals surface area contributed by atoms with Gasteiger partial charge < -0.3 is 10.1 Å². The van der Waals surface area contributed by atoms with Gasteiger partial charge in [0.15, 0.2) is 0 Å². The maximum atomic E-state index is 12.7. The fourth-order valence-corrected chi connectivity index (χ4v) is 1.80. The average molecular weight is 340 g/mol. The first-order valence-corrected chi connectivity index (χ1v) is 6.40. The second kappa shape index (κ2) is 6.79. The van der Waals surface area contributed by atoms with Crippen LogP contribution in [0.2, 0.25) is 0 Å². The largest absolute Gasteiger partial charge is 0.466 e. The highest BCUT2D eigenvalue weighted by Crippen LogP contribution is 2.36. The van der Waals surface area contributed by atoms with Crippen LogP contribution in [-0.2, 0) is 15.7 Å². The van der Waals surface area contributed by atoms with Crippen LogP contribution in [-0.4, -0.2) is 19.1 Å². The Hall–Kier alpha value is -1.24. The molecule has 0 saturated heterocycles. The van der Waals surface area contributed by atoms with Gasteiger partial charge in [-0.25, -0.2) is 0 Å². The zero-order valence-corrected chi connectivity index (χ0v) is 11.8. The van der Waals surface area contributed by atoms with E-state index in [4.69, 9.17) is 4.74 Å². The monoisotopic (exact) mass is 339 g/mol. The summed E-state index contributed by atoms with van der Waals surface area (Å²) in [6, 6.07) is 3.63. The number of carbonyl (C=O) groups excluding carboxylic acids is 1. The highest BCUT2D eigenvalue weighted by Gasteiger charge is 2.33. The van der Waals surface area contributed by atoms with E-state index in [1.807, 2.05) is 0 Å². The molecule has 3 nitrogen and oxygen atoms in total. The molecular formula is C12H13BrF3NO2. The van der Waals surface area contributed by atoms with Crippen LogP contribution in [0.25, 0.3) is 0 Å². The van der Waals surface area contributed by atoms with Gasteiger partial charge in [-0.3, -0.25) is 4.79 Å². The maximum Gasteiger partial charge on any atom is 0.418 e. The molecule has 0 aliphatic rings. The van der Waals surface area contributed by atoms with Crippen LogP contribution < -0.4 is 5.32 Å². The van der Waals surface area contributed by atoms with Crippen molar-refractivity contribution in [1.82, 2.24) is 0 Å². The Morgan fingerprint density at radius 2 is 2.11 bits per heavy atom. The highest BCUT2D eigenvalue weighted by molar-refractivity contribution is 9.10. The molecule has 0 bridgehead atoms. The van der Waals surface area contributed by atoms with Gasteiger partial charge in [-0.1, -0.05) is 15.9 Å². The average Bonchev–Trinajstić information content (AvgIpc) is 2.27. The van der Waals surface area contributed by atoms with Crippen LogP contribution in [0.15, 0.2) is 22.7 Å². The molecule has 0 aromatic heterocycles. The molecule has 19 heavy (non-hydrogen) atoms. The molecular weight excluding hydrogens is 327 g/mol. The van der Waals surface area contributed by atoms with Gasteiger partial charge in [-0.2, -0.15) is 13.2 Å². The Morgan fingerprint density at radius 1 is 1.42 bits per heavy atom.